The van der Waals surface area contributed by atoms with Crippen LogP contribution < -0.4 is 4.90 Å². The highest BCUT2D eigenvalue weighted by Gasteiger charge is 2.35. The highest BCUT2D eigenvalue weighted by Crippen LogP contribution is 2.49. The van der Waals surface area contributed by atoms with E-state index in [9.17, 15) is 18.0 Å². The van der Waals surface area contributed by atoms with E-state index in [0.717, 1.165) is 22.6 Å². The van der Waals surface area contributed by atoms with Gasteiger partial charge < -0.3 is 0 Å². The molecule has 0 atom stereocenters. The Hall–Kier alpha value is -2.77. The van der Waals surface area contributed by atoms with E-state index in [4.69, 9.17) is 0 Å². The third-order valence-corrected chi connectivity index (χ3v) is 5.93. The lowest BCUT2D eigenvalue weighted by Gasteiger charge is -2.32. The lowest BCUT2D eigenvalue weighted by Crippen LogP contribution is -2.37. The summed E-state index contributed by atoms with van der Waals surface area (Å²) in [6, 6.07) is 20.6. The van der Waals surface area contributed by atoms with E-state index in [1.165, 1.54) is 22.7 Å². The standard InChI is InChI=1S/C23H19F3N2OS/c1-27(14-16-7-3-2-4-8-16)15-22(29)28-18-9-5-6-10-20(18)30-21-12-11-17(13-19(21)28)23(24,25)26/h2-13H,14-15H2,1H3. The van der Waals surface area contributed by atoms with Gasteiger partial charge in [-0.25, -0.2) is 0 Å². The number of carbonyl (C=O) groups is 1. The van der Waals surface area contributed by atoms with Crippen molar-refractivity contribution in [1.82, 2.24) is 4.90 Å². The van der Waals surface area contributed by atoms with Crippen molar-refractivity contribution in [2.24, 2.45) is 0 Å². The Balaban J connectivity index is 1.67. The van der Waals surface area contributed by atoms with E-state index < -0.39 is 11.7 Å². The molecule has 0 N–H and O–H groups in total. The van der Waals surface area contributed by atoms with E-state index in [2.05, 4.69) is 0 Å². The van der Waals surface area contributed by atoms with Gasteiger partial charge in [-0.15, -0.1) is 0 Å². The Morgan fingerprint density at radius 2 is 1.60 bits per heavy atom. The van der Waals surface area contributed by atoms with Crippen molar-refractivity contribution in [3.8, 4) is 0 Å². The van der Waals surface area contributed by atoms with Gasteiger partial charge in [-0.1, -0.05) is 54.2 Å². The molecule has 0 aliphatic carbocycles. The fraction of sp³-hybridized carbons (Fsp3) is 0.174. The fourth-order valence-electron chi connectivity index (χ4n) is 3.45. The summed E-state index contributed by atoms with van der Waals surface area (Å²) < 4.78 is 39.9. The number of benzene rings is 3. The molecule has 0 radical (unpaired) electrons. The summed E-state index contributed by atoms with van der Waals surface area (Å²) in [6.45, 7) is 0.635. The number of hydrogen-bond donors (Lipinski definition) is 0. The monoisotopic (exact) mass is 428 g/mol. The molecule has 0 bridgehead atoms. The van der Waals surface area contributed by atoms with Crippen molar-refractivity contribution >= 4 is 29.0 Å². The van der Waals surface area contributed by atoms with Crippen LogP contribution in [0.25, 0.3) is 0 Å². The largest absolute Gasteiger partial charge is 0.416 e. The van der Waals surface area contributed by atoms with Crippen LogP contribution in [0.1, 0.15) is 11.1 Å². The second-order valence-corrected chi connectivity index (χ2v) is 8.22. The molecule has 3 aromatic carbocycles. The summed E-state index contributed by atoms with van der Waals surface area (Å²) in [6.07, 6.45) is -4.48. The van der Waals surface area contributed by atoms with Crippen LogP contribution in [0.4, 0.5) is 24.5 Å². The van der Waals surface area contributed by atoms with Crippen LogP contribution in [0, 0.1) is 0 Å². The molecule has 1 heterocycles. The van der Waals surface area contributed by atoms with E-state index in [1.807, 2.05) is 54.4 Å². The van der Waals surface area contributed by atoms with Crippen LogP contribution in [0.5, 0.6) is 0 Å². The van der Waals surface area contributed by atoms with Gasteiger partial charge in [0.2, 0.25) is 5.91 Å². The number of halogens is 3. The van der Waals surface area contributed by atoms with Gasteiger partial charge in [-0.3, -0.25) is 14.6 Å². The molecule has 1 aliphatic heterocycles. The number of hydrogen-bond acceptors (Lipinski definition) is 3. The third kappa shape index (κ3) is 4.22. The number of nitrogens with zero attached hydrogens (tertiary/aromatic N) is 2. The van der Waals surface area contributed by atoms with E-state index in [0.29, 0.717) is 17.1 Å². The average Bonchev–Trinajstić information content (AvgIpc) is 2.71. The van der Waals surface area contributed by atoms with Gasteiger partial charge in [0.15, 0.2) is 0 Å². The Kier molecular flexibility index (Phi) is 5.58. The molecule has 0 aromatic heterocycles. The zero-order chi connectivity index (χ0) is 21.3. The molecule has 4 rings (SSSR count). The molecule has 0 unspecified atom stereocenters. The predicted molar refractivity (Wildman–Crippen MR) is 112 cm³/mol. The van der Waals surface area contributed by atoms with E-state index >= 15 is 0 Å². The van der Waals surface area contributed by atoms with E-state index in [1.54, 1.807) is 12.1 Å². The van der Waals surface area contributed by atoms with Gasteiger partial charge >= 0.3 is 6.18 Å². The third-order valence-electron chi connectivity index (χ3n) is 4.80. The molecule has 7 heteroatoms. The Labute approximate surface area is 177 Å². The average molecular weight is 428 g/mol. The summed E-state index contributed by atoms with van der Waals surface area (Å²) in [5.41, 5.74) is 1.16. The first-order valence-electron chi connectivity index (χ1n) is 9.36. The van der Waals surface area contributed by atoms with Crippen LogP contribution in [-0.4, -0.2) is 24.4 Å². The number of para-hydroxylation sites is 1. The van der Waals surface area contributed by atoms with Crippen molar-refractivity contribution in [3.05, 3.63) is 83.9 Å². The maximum absolute atomic E-state index is 13.3. The zero-order valence-electron chi connectivity index (χ0n) is 16.2. The number of fused-ring (bicyclic) bond motifs is 2. The van der Waals surface area contributed by atoms with Crippen LogP contribution in [0.15, 0.2) is 82.6 Å². The molecule has 30 heavy (non-hydrogen) atoms. The summed E-state index contributed by atoms with van der Waals surface area (Å²) in [7, 11) is 1.82. The lowest BCUT2D eigenvalue weighted by atomic mass is 10.1. The van der Waals surface area contributed by atoms with Crippen molar-refractivity contribution in [1.29, 1.82) is 0 Å². The number of rotatable bonds is 4. The summed E-state index contributed by atoms with van der Waals surface area (Å²) in [4.78, 5) is 18.0. The summed E-state index contributed by atoms with van der Waals surface area (Å²) in [5.74, 6) is -0.276. The summed E-state index contributed by atoms with van der Waals surface area (Å²) in [5, 5.41) is 0. The van der Waals surface area contributed by atoms with Gasteiger partial charge in [0, 0.05) is 16.3 Å². The maximum atomic E-state index is 13.3. The molecule has 1 amide bonds. The van der Waals surface area contributed by atoms with Gasteiger partial charge in [-0.2, -0.15) is 13.2 Å². The van der Waals surface area contributed by atoms with Crippen molar-refractivity contribution in [3.63, 3.8) is 0 Å². The maximum Gasteiger partial charge on any atom is 0.416 e. The number of anilines is 2. The van der Waals surface area contributed by atoms with Gasteiger partial charge in [0.05, 0.1) is 23.5 Å². The lowest BCUT2D eigenvalue weighted by molar-refractivity contribution is -0.137. The number of likely N-dealkylation sites (N-methyl/N-ethyl adjacent to an activating group) is 1. The number of carbonyl (C=O) groups excluding carboxylic acids is 1. The zero-order valence-corrected chi connectivity index (χ0v) is 17.0. The molecule has 1 aliphatic rings. The minimum Gasteiger partial charge on any atom is -0.293 e. The minimum atomic E-state index is -4.48. The van der Waals surface area contributed by atoms with Gasteiger partial charge in [0.1, 0.15) is 0 Å². The molecular weight excluding hydrogens is 409 g/mol. The molecule has 0 fully saturated rings. The van der Waals surface area contributed by atoms with Crippen molar-refractivity contribution in [2.45, 2.75) is 22.5 Å². The molecule has 154 valence electrons. The van der Waals surface area contributed by atoms with Gasteiger partial charge in [-0.05, 0) is 42.9 Å². The first-order chi connectivity index (χ1) is 14.3. The van der Waals surface area contributed by atoms with Gasteiger partial charge in [0.25, 0.3) is 0 Å². The quantitative estimate of drug-likeness (QED) is 0.512. The highest BCUT2D eigenvalue weighted by molar-refractivity contribution is 7.99. The van der Waals surface area contributed by atoms with Crippen molar-refractivity contribution < 1.29 is 18.0 Å². The van der Waals surface area contributed by atoms with Crippen LogP contribution in [-0.2, 0) is 17.5 Å². The first-order valence-corrected chi connectivity index (χ1v) is 10.2. The first kappa shape index (κ1) is 20.5. The fourth-order valence-corrected chi connectivity index (χ4v) is 4.49. The van der Waals surface area contributed by atoms with Crippen molar-refractivity contribution in [2.75, 3.05) is 18.5 Å². The van der Waals surface area contributed by atoms with Crippen LogP contribution >= 0.6 is 11.8 Å². The highest BCUT2D eigenvalue weighted by atomic mass is 32.2. The second kappa shape index (κ2) is 8.16. The minimum absolute atomic E-state index is 0.0730. The second-order valence-electron chi connectivity index (χ2n) is 7.14. The number of alkyl halides is 3. The Morgan fingerprint density at radius 3 is 2.33 bits per heavy atom. The normalized spacial score (nSPS) is 13.2. The molecule has 0 saturated heterocycles. The van der Waals surface area contributed by atoms with Crippen LogP contribution in [0.3, 0.4) is 0 Å². The van der Waals surface area contributed by atoms with E-state index in [-0.39, 0.29) is 18.1 Å². The molecule has 3 nitrogen and oxygen atoms in total. The Bertz CT molecular complexity index is 1070. The predicted octanol–water partition coefficient (Wildman–Crippen LogP) is 5.97. The molecule has 0 spiro atoms. The number of amides is 1. The molecule has 0 saturated carbocycles. The topological polar surface area (TPSA) is 23.6 Å². The Morgan fingerprint density at radius 1 is 0.933 bits per heavy atom. The smallest absolute Gasteiger partial charge is 0.293 e. The SMILES string of the molecule is CN(CC(=O)N1c2ccccc2Sc2ccc(C(F)(F)F)cc21)Cc1ccccc1. The molecular formula is C23H19F3N2OS. The van der Waals surface area contributed by atoms with Crippen LogP contribution in [0.2, 0.25) is 0 Å². The molecule has 3 aromatic rings. The summed E-state index contributed by atoms with van der Waals surface area (Å²) >= 11 is 1.37.